The lowest BCUT2D eigenvalue weighted by atomic mass is 9.94. The molecule has 0 amide bonds. The van der Waals surface area contributed by atoms with Crippen LogP contribution in [0.1, 0.15) is 43.7 Å². The molecule has 0 radical (unpaired) electrons. The van der Waals surface area contributed by atoms with E-state index in [1.807, 2.05) is 0 Å². The van der Waals surface area contributed by atoms with E-state index in [2.05, 4.69) is 5.32 Å². The quantitative estimate of drug-likeness (QED) is 0.871. The molecule has 1 aliphatic carbocycles. The minimum absolute atomic E-state index is 0.121. The van der Waals surface area contributed by atoms with E-state index < -0.39 is 17.8 Å². The van der Waals surface area contributed by atoms with Gasteiger partial charge in [0.15, 0.2) is 11.6 Å². The smallest absolute Gasteiger partial charge is 0.325 e. The Morgan fingerprint density at radius 1 is 1.40 bits per heavy atom. The molecule has 0 spiro atoms. The van der Waals surface area contributed by atoms with E-state index in [0.717, 1.165) is 25.7 Å². The largest absolute Gasteiger partial charge is 0.494 e. The standard InChI is InChI=1S/C15H20FNO3/c1-20-13-8-7-10(9-12(13)16)14(15(18)19)17-11-5-3-2-4-6-11/h7-9,11,14,17H,2-6H2,1H3,(H,18,19). The van der Waals surface area contributed by atoms with Crippen molar-refractivity contribution in [3.05, 3.63) is 29.6 Å². The summed E-state index contributed by atoms with van der Waals surface area (Å²) in [5, 5.41) is 12.5. The summed E-state index contributed by atoms with van der Waals surface area (Å²) >= 11 is 0. The van der Waals surface area contributed by atoms with Crippen LogP contribution < -0.4 is 10.1 Å². The Bertz CT molecular complexity index is 472. The lowest BCUT2D eigenvalue weighted by molar-refractivity contribution is -0.140. The van der Waals surface area contributed by atoms with E-state index in [9.17, 15) is 14.3 Å². The topological polar surface area (TPSA) is 58.6 Å². The Labute approximate surface area is 117 Å². The molecule has 1 aromatic rings. The number of hydrogen-bond donors (Lipinski definition) is 2. The summed E-state index contributed by atoms with van der Waals surface area (Å²) in [6.07, 6.45) is 5.37. The number of ether oxygens (including phenoxy) is 1. The van der Waals surface area contributed by atoms with Crippen LogP contribution in [-0.2, 0) is 4.79 Å². The average molecular weight is 281 g/mol. The zero-order chi connectivity index (χ0) is 14.5. The first-order chi connectivity index (χ1) is 9.61. The molecule has 0 bridgehead atoms. The Morgan fingerprint density at radius 2 is 2.10 bits per heavy atom. The van der Waals surface area contributed by atoms with Crippen LogP contribution in [-0.4, -0.2) is 24.2 Å². The van der Waals surface area contributed by atoms with Crippen molar-refractivity contribution in [3.8, 4) is 5.75 Å². The summed E-state index contributed by atoms with van der Waals surface area (Å²) in [6, 6.07) is 3.60. The van der Waals surface area contributed by atoms with Crippen LogP contribution in [0.3, 0.4) is 0 Å². The maximum Gasteiger partial charge on any atom is 0.325 e. The zero-order valence-electron chi connectivity index (χ0n) is 11.6. The molecule has 1 unspecified atom stereocenters. The highest BCUT2D eigenvalue weighted by atomic mass is 19.1. The third-order valence-electron chi connectivity index (χ3n) is 3.76. The SMILES string of the molecule is COc1ccc(C(NC2CCCCC2)C(=O)O)cc1F. The number of halogens is 1. The second kappa shape index (κ2) is 6.70. The van der Waals surface area contributed by atoms with Gasteiger partial charge in [-0.05, 0) is 30.5 Å². The van der Waals surface area contributed by atoms with Crippen LogP contribution in [0.4, 0.5) is 4.39 Å². The molecule has 0 aliphatic heterocycles. The minimum atomic E-state index is -0.986. The highest BCUT2D eigenvalue weighted by molar-refractivity contribution is 5.75. The van der Waals surface area contributed by atoms with Gasteiger partial charge in [0.1, 0.15) is 6.04 Å². The second-order valence-corrected chi connectivity index (χ2v) is 5.17. The van der Waals surface area contributed by atoms with Gasteiger partial charge in [-0.15, -0.1) is 0 Å². The van der Waals surface area contributed by atoms with Crippen molar-refractivity contribution in [2.45, 2.75) is 44.2 Å². The summed E-state index contributed by atoms with van der Waals surface area (Å²) in [7, 11) is 1.38. The number of carbonyl (C=O) groups is 1. The van der Waals surface area contributed by atoms with Gasteiger partial charge < -0.3 is 9.84 Å². The summed E-state index contributed by atoms with van der Waals surface area (Å²) < 4.78 is 18.6. The fourth-order valence-electron chi connectivity index (χ4n) is 2.68. The number of aliphatic carboxylic acids is 1. The van der Waals surface area contributed by atoms with E-state index in [-0.39, 0.29) is 11.8 Å². The van der Waals surface area contributed by atoms with Gasteiger partial charge in [0, 0.05) is 6.04 Å². The van der Waals surface area contributed by atoms with Crippen molar-refractivity contribution in [2.75, 3.05) is 7.11 Å². The molecule has 1 fully saturated rings. The van der Waals surface area contributed by atoms with Crippen LogP contribution in [0, 0.1) is 5.82 Å². The van der Waals surface area contributed by atoms with Gasteiger partial charge in [-0.1, -0.05) is 25.3 Å². The molecule has 110 valence electrons. The summed E-state index contributed by atoms with van der Waals surface area (Å²) in [6.45, 7) is 0. The van der Waals surface area contributed by atoms with Gasteiger partial charge in [0.05, 0.1) is 7.11 Å². The molecule has 2 rings (SSSR count). The third kappa shape index (κ3) is 3.48. The van der Waals surface area contributed by atoms with Crippen LogP contribution in [0.5, 0.6) is 5.75 Å². The lowest BCUT2D eigenvalue weighted by Gasteiger charge is -2.26. The molecule has 1 atom stereocenters. The Hall–Kier alpha value is -1.62. The summed E-state index contributed by atoms with van der Waals surface area (Å²) in [5.74, 6) is -1.41. The Morgan fingerprint density at radius 3 is 2.65 bits per heavy atom. The van der Waals surface area contributed by atoms with Gasteiger partial charge in [-0.3, -0.25) is 10.1 Å². The van der Waals surface area contributed by atoms with Gasteiger partial charge in [0.2, 0.25) is 0 Å². The summed E-state index contributed by atoms with van der Waals surface area (Å²) in [4.78, 5) is 11.4. The van der Waals surface area contributed by atoms with Crippen molar-refractivity contribution in [2.24, 2.45) is 0 Å². The average Bonchev–Trinajstić information content (AvgIpc) is 2.45. The molecule has 0 saturated heterocycles. The van der Waals surface area contributed by atoms with E-state index in [1.165, 1.54) is 25.7 Å². The minimum Gasteiger partial charge on any atom is -0.494 e. The molecule has 1 saturated carbocycles. The molecule has 0 heterocycles. The van der Waals surface area contributed by atoms with Crippen molar-refractivity contribution < 1.29 is 19.0 Å². The molecular weight excluding hydrogens is 261 g/mol. The molecule has 20 heavy (non-hydrogen) atoms. The van der Waals surface area contributed by atoms with Gasteiger partial charge >= 0.3 is 5.97 Å². The van der Waals surface area contributed by atoms with Crippen molar-refractivity contribution in [1.29, 1.82) is 0 Å². The van der Waals surface area contributed by atoms with Crippen molar-refractivity contribution in [1.82, 2.24) is 5.32 Å². The monoisotopic (exact) mass is 281 g/mol. The number of carboxylic acids is 1. The van der Waals surface area contributed by atoms with Crippen molar-refractivity contribution in [3.63, 3.8) is 0 Å². The molecule has 0 aromatic heterocycles. The number of benzene rings is 1. The number of carboxylic acid groups (broad SMARTS) is 1. The fraction of sp³-hybridized carbons (Fsp3) is 0.533. The Kier molecular flexibility index (Phi) is 4.95. The highest BCUT2D eigenvalue weighted by Crippen LogP contribution is 2.25. The fourth-order valence-corrected chi connectivity index (χ4v) is 2.68. The van der Waals surface area contributed by atoms with Crippen LogP contribution in [0.25, 0.3) is 0 Å². The maximum absolute atomic E-state index is 13.7. The number of hydrogen-bond acceptors (Lipinski definition) is 3. The van der Waals surface area contributed by atoms with Crippen LogP contribution in [0.15, 0.2) is 18.2 Å². The van der Waals surface area contributed by atoms with Crippen LogP contribution >= 0.6 is 0 Å². The van der Waals surface area contributed by atoms with E-state index in [4.69, 9.17) is 4.74 Å². The second-order valence-electron chi connectivity index (χ2n) is 5.17. The Balaban J connectivity index is 2.15. The van der Waals surface area contributed by atoms with Crippen molar-refractivity contribution >= 4 is 5.97 Å². The number of nitrogens with one attached hydrogen (secondary N) is 1. The van der Waals surface area contributed by atoms with E-state index in [0.29, 0.717) is 5.56 Å². The molecular formula is C15H20FNO3. The van der Waals surface area contributed by atoms with Gasteiger partial charge in [-0.2, -0.15) is 0 Å². The normalized spacial score (nSPS) is 17.7. The van der Waals surface area contributed by atoms with Gasteiger partial charge in [0.25, 0.3) is 0 Å². The first-order valence-electron chi connectivity index (χ1n) is 6.94. The predicted octanol–water partition coefficient (Wildman–Crippen LogP) is 2.88. The molecule has 1 aromatic carbocycles. The van der Waals surface area contributed by atoms with Crippen LogP contribution in [0.2, 0.25) is 0 Å². The molecule has 4 nitrogen and oxygen atoms in total. The van der Waals surface area contributed by atoms with E-state index in [1.54, 1.807) is 6.07 Å². The van der Waals surface area contributed by atoms with Gasteiger partial charge in [-0.25, -0.2) is 4.39 Å². The number of rotatable bonds is 5. The van der Waals surface area contributed by atoms with E-state index >= 15 is 0 Å². The maximum atomic E-state index is 13.7. The molecule has 2 N–H and O–H groups in total. The molecule has 5 heteroatoms. The first-order valence-corrected chi connectivity index (χ1v) is 6.94. The zero-order valence-corrected chi connectivity index (χ0v) is 11.6. The molecule has 1 aliphatic rings. The highest BCUT2D eigenvalue weighted by Gasteiger charge is 2.25. The predicted molar refractivity (Wildman–Crippen MR) is 73.3 cm³/mol. The first kappa shape index (κ1) is 14.8. The number of methoxy groups -OCH3 is 1. The lowest BCUT2D eigenvalue weighted by Crippen LogP contribution is -2.38. The summed E-state index contributed by atoms with van der Waals surface area (Å²) in [5.41, 5.74) is 0.418. The third-order valence-corrected chi connectivity index (χ3v) is 3.76.